The number of imide groups is 1. The number of ether oxygens (including phenoxy) is 1. The number of hydrogen-bond acceptors (Lipinski definition) is 7. The zero-order valence-corrected chi connectivity index (χ0v) is 16.1. The molecule has 2 amide bonds. The van der Waals surface area contributed by atoms with Gasteiger partial charge in [0, 0.05) is 18.8 Å². The Morgan fingerprint density at radius 2 is 1.71 bits per heavy atom. The lowest BCUT2D eigenvalue weighted by atomic mass is 10.1. The van der Waals surface area contributed by atoms with Crippen LogP contribution < -0.4 is 4.74 Å². The predicted molar refractivity (Wildman–Crippen MR) is 109 cm³/mol. The minimum absolute atomic E-state index is 0.0560. The van der Waals surface area contributed by atoms with Crippen LogP contribution in [0.5, 0.6) is 5.75 Å². The van der Waals surface area contributed by atoms with Crippen molar-refractivity contribution in [2.75, 3.05) is 6.54 Å². The Balaban J connectivity index is 1.26. The fraction of sp³-hybridized carbons (Fsp3) is 0.0870. The Morgan fingerprint density at radius 3 is 2.42 bits per heavy atom. The lowest BCUT2D eigenvalue weighted by molar-refractivity contribution is -0.134. The lowest BCUT2D eigenvalue weighted by Crippen LogP contribution is -2.32. The summed E-state index contributed by atoms with van der Waals surface area (Å²) in [6.07, 6.45) is 1.52. The summed E-state index contributed by atoms with van der Waals surface area (Å²) in [4.78, 5) is 46.7. The van der Waals surface area contributed by atoms with E-state index in [-0.39, 0.29) is 18.7 Å². The number of oxazole rings is 1. The smallest absolute Gasteiger partial charge is 0.313 e. The first-order valence-electron chi connectivity index (χ1n) is 9.58. The van der Waals surface area contributed by atoms with E-state index in [9.17, 15) is 14.4 Å². The molecule has 0 saturated heterocycles. The number of rotatable bonds is 5. The minimum atomic E-state index is -0.569. The third kappa shape index (κ3) is 3.44. The van der Waals surface area contributed by atoms with E-state index in [2.05, 4.69) is 9.97 Å². The van der Waals surface area contributed by atoms with Gasteiger partial charge in [-0.1, -0.05) is 18.2 Å². The molecule has 3 heterocycles. The van der Waals surface area contributed by atoms with Crippen molar-refractivity contribution in [3.63, 3.8) is 0 Å². The van der Waals surface area contributed by atoms with Crippen molar-refractivity contribution in [3.8, 4) is 17.3 Å². The molecule has 8 nitrogen and oxygen atoms in total. The fourth-order valence-corrected chi connectivity index (χ4v) is 3.40. The molecule has 1 aliphatic heterocycles. The molecule has 0 saturated carbocycles. The van der Waals surface area contributed by atoms with Gasteiger partial charge in [-0.05, 0) is 36.4 Å². The van der Waals surface area contributed by atoms with E-state index >= 15 is 0 Å². The van der Waals surface area contributed by atoms with E-state index in [1.807, 2.05) is 6.07 Å². The van der Waals surface area contributed by atoms with Crippen LogP contribution in [-0.4, -0.2) is 39.2 Å². The number of nitrogens with zero attached hydrogens (tertiary/aromatic N) is 3. The van der Waals surface area contributed by atoms with Crippen LogP contribution in [0.1, 0.15) is 27.1 Å². The second-order valence-corrected chi connectivity index (χ2v) is 6.90. The van der Waals surface area contributed by atoms with Crippen LogP contribution >= 0.6 is 0 Å². The molecule has 1 aliphatic rings. The van der Waals surface area contributed by atoms with Gasteiger partial charge in [0.2, 0.25) is 5.89 Å². The highest BCUT2D eigenvalue weighted by Gasteiger charge is 2.35. The molecule has 0 radical (unpaired) electrons. The molecule has 0 unspecified atom stereocenters. The second kappa shape index (κ2) is 7.49. The average molecular weight is 413 g/mol. The van der Waals surface area contributed by atoms with Crippen LogP contribution in [-0.2, 0) is 4.79 Å². The minimum Gasteiger partial charge on any atom is -0.435 e. The van der Waals surface area contributed by atoms with Gasteiger partial charge in [0.1, 0.15) is 17.0 Å². The zero-order chi connectivity index (χ0) is 21.4. The van der Waals surface area contributed by atoms with Gasteiger partial charge in [-0.25, -0.2) is 4.98 Å². The van der Waals surface area contributed by atoms with Crippen molar-refractivity contribution in [3.05, 3.63) is 78.0 Å². The highest BCUT2D eigenvalue weighted by molar-refractivity contribution is 6.21. The zero-order valence-electron chi connectivity index (χ0n) is 16.1. The second-order valence-electron chi connectivity index (χ2n) is 6.90. The molecular formula is C23H15N3O5. The molecule has 2 aromatic carbocycles. The third-order valence-corrected chi connectivity index (χ3v) is 4.89. The maximum Gasteiger partial charge on any atom is 0.313 e. The molecule has 2 aromatic heterocycles. The molecule has 0 N–H and O–H groups in total. The highest BCUT2D eigenvalue weighted by Crippen LogP contribution is 2.26. The molecular weight excluding hydrogens is 398 g/mol. The third-order valence-electron chi connectivity index (χ3n) is 4.89. The van der Waals surface area contributed by atoms with Gasteiger partial charge in [0.05, 0.1) is 17.5 Å². The number of amides is 2. The van der Waals surface area contributed by atoms with E-state index in [4.69, 9.17) is 9.15 Å². The number of benzene rings is 2. The topological polar surface area (TPSA) is 103 Å². The Hall–Kier alpha value is -4.33. The number of carbonyl (C=O) groups excluding carboxylic acids is 3. The Labute approximate surface area is 176 Å². The monoisotopic (exact) mass is 413 g/mol. The van der Waals surface area contributed by atoms with Crippen LogP contribution in [0.15, 0.2) is 71.3 Å². The van der Waals surface area contributed by atoms with Gasteiger partial charge >= 0.3 is 5.97 Å². The van der Waals surface area contributed by atoms with Crippen LogP contribution in [0.25, 0.3) is 22.7 Å². The number of esters is 1. The van der Waals surface area contributed by atoms with Crippen molar-refractivity contribution in [1.82, 2.24) is 14.9 Å². The van der Waals surface area contributed by atoms with Gasteiger partial charge in [-0.2, -0.15) is 0 Å². The van der Waals surface area contributed by atoms with Gasteiger partial charge in [-0.3, -0.25) is 24.3 Å². The van der Waals surface area contributed by atoms with Crippen LogP contribution in [0.2, 0.25) is 0 Å². The Bertz CT molecular complexity index is 1290. The Kier molecular flexibility index (Phi) is 4.51. The van der Waals surface area contributed by atoms with Crippen LogP contribution in [0.4, 0.5) is 0 Å². The molecule has 4 aromatic rings. The number of hydrogen-bond donors (Lipinski definition) is 0. The number of fused-ring (bicyclic) bond motifs is 2. The molecule has 0 spiro atoms. The van der Waals surface area contributed by atoms with Gasteiger partial charge in [0.15, 0.2) is 5.58 Å². The summed E-state index contributed by atoms with van der Waals surface area (Å²) in [5.74, 6) is -0.731. The number of pyridine rings is 1. The molecule has 0 bridgehead atoms. The van der Waals surface area contributed by atoms with Gasteiger partial charge in [-0.15, -0.1) is 0 Å². The maximum atomic E-state index is 12.4. The molecule has 0 fully saturated rings. The summed E-state index contributed by atoms with van der Waals surface area (Å²) in [5.41, 5.74) is 2.34. The first-order valence-corrected chi connectivity index (χ1v) is 9.58. The van der Waals surface area contributed by atoms with Crippen molar-refractivity contribution >= 4 is 28.9 Å². The van der Waals surface area contributed by atoms with Crippen molar-refractivity contribution < 1.29 is 23.5 Å². The summed E-state index contributed by atoms with van der Waals surface area (Å²) in [6.45, 7) is -0.0560. The quantitative estimate of drug-likeness (QED) is 0.280. The summed E-state index contributed by atoms with van der Waals surface area (Å²) >= 11 is 0. The predicted octanol–water partition coefficient (Wildman–Crippen LogP) is 3.48. The summed E-state index contributed by atoms with van der Waals surface area (Å²) in [7, 11) is 0. The van der Waals surface area contributed by atoms with Crippen molar-refractivity contribution in [1.29, 1.82) is 0 Å². The number of carbonyl (C=O) groups is 3. The normalized spacial score (nSPS) is 13.0. The van der Waals surface area contributed by atoms with Gasteiger partial charge in [0.25, 0.3) is 11.8 Å². The van der Waals surface area contributed by atoms with E-state index in [0.29, 0.717) is 33.8 Å². The summed E-state index contributed by atoms with van der Waals surface area (Å²) in [5, 5.41) is 0. The highest BCUT2D eigenvalue weighted by atomic mass is 16.5. The fourth-order valence-electron chi connectivity index (χ4n) is 3.40. The van der Waals surface area contributed by atoms with Gasteiger partial charge < -0.3 is 9.15 Å². The van der Waals surface area contributed by atoms with E-state index in [0.717, 1.165) is 4.90 Å². The summed E-state index contributed by atoms with van der Waals surface area (Å²) < 4.78 is 11.1. The van der Waals surface area contributed by atoms with Crippen molar-refractivity contribution in [2.45, 2.75) is 6.42 Å². The van der Waals surface area contributed by atoms with E-state index < -0.39 is 17.8 Å². The SMILES string of the molecule is O=C(CCN1C(=O)c2ccccc2C1=O)Oc1ccc2nc(-c3ccccn3)oc2c1. The van der Waals surface area contributed by atoms with E-state index in [1.165, 1.54) is 0 Å². The number of aromatic nitrogens is 2. The molecule has 8 heteroatoms. The average Bonchev–Trinajstić information content (AvgIpc) is 3.32. The van der Waals surface area contributed by atoms with Crippen LogP contribution in [0.3, 0.4) is 0 Å². The van der Waals surface area contributed by atoms with Crippen molar-refractivity contribution in [2.24, 2.45) is 0 Å². The molecule has 0 aliphatic carbocycles. The van der Waals surface area contributed by atoms with Crippen LogP contribution in [0, 0.1) is 0 Å². The maximum absolute atomic E-state index is 12.4. The molecule has 152 valence electrons. The van der Waals surface area contributed by atoms with E-state index in [1.54, 1.807) is 60.8 Å². The lowest BCUT2D eigenvalue weighted by Gasteiger charge is -2.13. The first kappa shape index (κ1) is 18.7. The largest absolute Gasteiger partial charge is 0.435 e. The summed E-state index contributed by atoms with van der Waals surface area (Å²) in [6, 6.07) is 16.8. The molecule has 0 atom stereocenters. The first-order chi connectivity index (χ1) is 15.1. The molecule has 31 heavy (non-hydrogen) atoms. The molecule has 5 rings (SSSR count). The standard InChI is InChI=1S/C23H15N3O5/c27-20(10-12-26-22(28)15-5-1-2-6-16(15)23(26)29)30-14-8-9-17-19(13-14)31-21(25-17)18-7-3-4-11-24-18/h1-9,11,13H,10,12H2. The Morgan fingerprint density at radius 1 is 0.968 bits per heavy atom.